The van der Waals surface area contributed by atoms with Crippen molar-refractivity contribution in [3.63, 3.8) is 0 Å². The molecule has 0 aliphatic carbocycles. The fourth-order valence-electron chi connectivity index (χ4n) is 1.48. The molecule has 0 fully saturated rings. The fourth-order valence-corrected chi connectivity index (χ4v) is 13.3. The summed E-state index contributed by atoms with van der Waals surface area (Å²) in [5.41, 5.74) is 0. The summed E-state index contributed by atoms with van der Waals surface area (Å²) < 4.78 is 10.1. The molecule has 0 aliphatic heterocycles. The van der Waals surface area contributed by atoms with Crippen LogP contribution in [0.25, 0.3) is 0 Å². The number of hydrogen-bond acceptors (Lipinski definition) is 4. The molecule has 16 heavy (non-hydrogen) atoms. The van der Waals surface area contributed by atoms with E-state index in [4.69, 9.17) is 0 Å². The van der Waals surface area contributed by atoms with Crippen LogP contribution in [-0.2, 0) is 0 Å². The van der Waals surface area contributed by atoms with Crippen LogP contribution in [0.3, 0.4) is 0 Å². The first kappa shape index (κ1) is 16.6. The molecule has 0 aliphatic rings. The van der Waals surface area contributed by atoms with Gasteiger partial charge in [0.15, 0.2) is 18.2 Å². The second kappa shape index (κ2) is 7.15. The van der Waals surface area contributed by atoms with Crippen LogP contribution < -0.4 is 0 Å². The summed E-state index contributed by atoms with van der Waals surface area (Å²) in [4.78, 5) is 0. The highest BCUT2D eigenvalue weighted by Gasteiger charge is 2.29. The zero-order chi connectivity index (χ0) is 13.0. The van der Waals surface area contributed by atoms with Crippen molar-refractivity contribution >= 4 is 29.5 Å². The minimum Gasteiger partial charge on any atom is -0.320 e. The van der Waals surface area contributed by atoms with Gasteiger partial charge in [-0.3, -0.25) is 7.94 Å². The van der Waals surface area contributed by atoms with Gasteiger partial charge in [0.25, 0.3) is 0 Å². The van der Waals surface area contributed by atoms with Crippen LogP contribution in [0.1, 0.15) is 0 Å². The number of hydrogen-bond donors (Lipinski definition) is 1. The van der Waals surface area contributed by atoms with Gasteiger partial charge in [0.1, 0.15) is 0 Å². The summed E-state index contributed by atoms with van der Waals surface area (Å²) >= 11 is -0.140. The molecule has 7 heteroatoms. The quantitative estimate of drug-likeness (QED) is 0.549. The van der Waals surface area contributed by atoms with Gasteiger partial charge < -0.3 is 9.13 Å². The molecule has 0 aromatic heterocycles. The topological polar surface area (TPSA) is 13.0 Å². The third kappa shape index (κ3) is 4.48. The number of nitrogens with zero attached hydrogens (tertiary/aromatic N) is 4. The molecule has 0 aromatic rings. The Hall–Kier alpha value is 0.624. The van der Waals surface area contributed by atoms with Crippen LogP contribution >= 0.6 is 11.3 Å². The van der Waals surface area contributed by atoms with E-state index in [-0.39, 0.29) is 11.3 Å². The Bertz CT molecular complexity index is 171. The van der Waals surface area contributed by atoms with Crippen molar-refractivity contribution in [3.05, 3.63) is 0 Å². The molecular weight excluding hydrogens is 252 g/mol. The van der Waals surface area contributed by atoms with E-state index in [1.54, 1.807) is 0 Å². The van der Waals surface area contributed by atoms with E-state index in [9.17, 15) is 0 Å². The molecule has 0 aromatic carbocycles. The van der Waals surface area contributed by atoms with E-state index in [0.29, 0.717) is 0 Å². The third-order valence-corrected chi connectivity index (χ3v) is 16.1. The summed E-state index contributed by atoms with van der Waals surface area (Å²) in [7, 11) is 11.4. The average molecular weight is 283 g/mol. The first-order chi connectivity index (χ1) is 7.20. The molecular formula is C9H30N4SSi2. The predicted molar refractivity (Wildman–Crippen MR) is 83.8 cm³/mol. The molecule has 0 radical (unpaired) electrons. The zero-order valence-electron chi connectivity index (χ0n) is 12.4. The average Bonchev–Trinajstić information content (AvgIpc) is 2.16. The van der Waals surface area contributed by atoms with Crippen molar-refractivity contribution < 1.29 is 0 Å². The molecule has 0 amide bonds. The van der Waals surface area contributed by atoms with Crippen LogP contribution in [0.4, 0.5) is 0 Å². The summed E-state index contributed by atoms with van der Waals surface area (Å²) in [6, 6.07) is 0. The van der Waals surface area contributed by atoms with E-state index in [0.717, 1.165) is 0 Å². The van der Waals surface area contributed by atoms with Crippen LogP contribution in [0.5, 0.6) is 0 Å². The normalized spacial score (nSPS) is 19.7. The first-order valence-corrected chi connectivity index (χ1v) is 11.8. The van der Waals surface area contributed by atoms with Crippen LogP contribution in [0, 0.1) is 0 Å². The minimum atomic E-state index is -0.945. The maximum absolute atomic E-state index is 2.84. The summed E-state index contributed by atoms with van der Waals surface area (Å²) in [5.74, 6) is 0. The Balaban J connectivity index is 4.89. The maximum atomic E-state index is 2.84. The molecule has 0 spiro atoms. The van der Waals surface area contributed by atoms with Crippen LogP contribution in [-0.4, -0.2) is 83.9 Å². The van der Waals surface area contributed by atoms with Gasteiger partial charge in [0.2, 0.25) is 0 Å². The summed E-state index contributed by atoms with van der Waals surface area (Å²) in [6.07, 6.45) is 2.38. The second-order valence-electron chi connectivity index (χ2n) is 4.91. The predicted octanol–water partition coefficient (Wildman–Crippen LogP) is 0.135. The van der Waals surface area contributed by atoms with Crippen LogP contribution in [0.15, 0.2) is 0 Å². The largest absolute Gasteiger partial charge is 0.320 e. The van der Waals surface area contributed by atoms with E-state index in [1.807, 2.05) is 0 Å². The summed E-state index contributed by atoms with van der Waals surface area (Å²) in [6.45, 7) is 4.88. The van der Waals surface area contributed by atoms with Gasteiger partial charge in [-0.15, -0.1) is 0 Å². The lowest BCUT2D eigenvalue weighted by atomic mass is 11.3. The van der Waals surface area contributed by atoms with Crippen molar-refractivity contribution in [3.8, 4) is 0 Å². The number of rotatable bonds is 6. The third-order valence-electron chi connectivity index (χ3n) is 3.17. The summed E-state index contributed by atoms with van der Waals surface area (Å²) in [5, 5.41) is 0. The van der Waals surface area contributed by atoms with E-state index < -0.39 is 18.2 Å². The zero-order valence-corrected chi connectivity index (χ0v) is 15.6. The van der Waals surface area contributed by atoms with Crippen molar-refractivity contribution in [2.24, 2.45) is 0 Å². The molecule has 3 unspecified atom stereocenters. The smallest absolute Gasteiger partial charge is 0.189 e. The number of thiol groups is 1. The molecule has 0 bridgehead atoms. The monoisotopic (exact) mass is 282 g/mol. The molecule has 100 valence electrons. The molecule has 0 N–H and O–H groups in total. The molecule has 0 saturated carbocycles. The molecule has 3 atom stereocenters. The highest BCUT2D eigenvalue weighted by molar-refractivity contribution is 8.14. The minimum absolute atomic E-state index is 0.140. The maximum Gasteiger partial charge on any atom is 0.189 e. The molecule has 0 saturated heterocycles. The van der Waals surface area contributed by atoms with E-state index in [1.165, 1.54) is 0 Å². The van der Waals surface area contributed by atoms with Gasteiger partial charge >= 0.3 is 0 Å². The lowest BCUT2D eigenvalue weighted by molar-refractivity contribution is 0.563. The highest BCUT2D eigenvalue weighted by Crippen LogP contribution is 2.31. The SMILES string of the molecule is CN(C)[SiH](C)N([SiH](C)N(C)C)[SH](C)N(C)C. The van der Waals surface area contributed by atoms with Crippen LogP contribution in [0.2, 0.25) is 13.1 Å². The Labute approximate surface area is 108 Å². The van der Waals surface area contributed by atoms with Crippen molar-refractivity contribution in [2.75, 3.05) is 48.5 Å². The highest BCUT2D eigenvalue weighted by atomic mass is 32.2. The van der Waals surface area contributed by atoms with Gasteiger partial charge in [-0.2, -0.15) is 11.3 Å². The Morgan fingerprint density at radius 3 is 1.25 bits per heavy atom. The van der Waals surface area contributed by atoms with Gasteiger partial charge in [-0.1, -0.05) is 0 Å². The lowest BCUT2D eigenvalue weighted by Crippen LogP contribution is -2.57. The Kier molecular flexibility index (Phi) is 7.42. The first-order valence-electron chi connectivity index (χ1n) is 5.72. The molecule has 4 nitrogen and oxygen atoms in total. The van der Waals surface area contributed by atoms with Crippen molar-refractivity contribution in [2.45, 2.75) is 13.1 Å². The van der Waals surface area contributed by atoms with Gasteiger partial charge in [0.05, 0.1) is 0 Å². The van der Waals surface area contributed by atoms with E-state index >= 15 is 0 Å². The lowest BCUT2D eigenvalue weighted by Gasteiger charge is -2.47. The standard InChI is InChI=1S/C9H30N4SSi2/c1-10(2)14(7)13(15(8)11(3)4)16(9)12(5)6/h14-16H,1-9H3. The molecule has 0 heterocycles. The fraction of sp³-hybridized carbons (Fsp3) is 1.00. The Morgan fingerprint density at radius 1 is 0.750 bits per heavy atom. The van der Waals surface area contributed by atoms with E-state index in [2.05, 4.69) is 78.7 Å². The van der Waals surface area contributed by atoms with Crippen molar-refractivity contribution in [1.29, 1.82) is 0 Å². The van der Waals surface area contributed by atoms with Gasteiger partial charge in [0, 0.05) is 0 Å². The molecule has 0 rings (SSSR count). The van der Waals surface area contributed by atoms with Gasteiger partial charge in [-0.05, 0) is 61.6 Å². The van der Waals surface area contributed by atoms with Crippen molar-refractivity contribution in [1.82, 2.24) is 17.1 Å². The van der Waals surface area contributed by atoms with Gasteiger partial charge in [-0.25, -0.2) is 0 Å². The Morgan fingerprint density at radius 2 is 1.06 bits per heavy atom. The second-order valence-corrected chi connectivity index (χ2v) is 14.3.